The lowest BCUT2D eigenvalue weighted by Crippen LogP contribution is -2.26. The van der Waals surface area contributed by atoms with Crippen LogP contribution in [0.15, 0.2) is 146 Å². The highest BCUT2D eigenvalue weighted by Crippen LogP contribution is 2.63. The second-order valence-electron chi connectivity index (χ2n) is 11.5. The second-order valence-corrected chi connectivity index (χ2v) is 11.5. The predicted molar refractivity (Wildman–Crippen MR) is 172 cm³/mol. The van der Waals surface area contributed by atoms with Crippen molar-refractivity contribution in [2.24, 2.45) is 0 Å². The van der Waals surface area contributed by atoms with E-state index in [0.29, 0.717) is 0 Å². The highest BCUT2D eigenvalue weighted by atomic mass is 15.1. The number of pyridine rings is 1. The van der Waals surface area contributed by atoms with Gasteiger partial charge >= 0.3 is 0 Å². The Kier molecular flexibility index (Phi) is 4.15. The number of fused-ring (bicyclic) bond motifs is 15. The molecule has 0 saturated heterocycles. The number of aromatic nitrogens is 2. The van der Waals surface area contributed by atoms with Crippen molar-refractivity contribution < 1.29 is 0 Å². The molecule has 2 heterocycles. The fourth-order valence-corrected chi connectivity index (χ4v) is 8.15. The van der Waals surface area contributed by atoms with Crippen molar-refractivity contribution in [1.29, 1.82) is 0 Å². The lowest BCUT2D eigenvalue weighted by molar-refractivity contribution is 0.791. The SMILES string of the molecule is c1ccc2c(c1)-c1ccccc1C21c2ccccc2-c2c1ccnc2-n1c2ccccc2c2c3ccccc3ccc21. The van der Waals surface area contributed by atoms with Gasteiger partial charge in [0, 0.05) is 22.5 Å². The summed E-state index contributed by atoms with van der Waals surface area (Å²) in [4.78, 5) is 5.20. The van der Waals surface area contributed by atoms with Gasteiger partial charge in [-0.15, -0.1) is 0 Å². The highest BCUT2D eigenvalue weighted by molar-refractivity contribution is 6.21. The Bertz CT molecular complexity index is 2380. The van der Waals surface area contributed by atoms with Gasteiger partial charge in [0.05, 0.1) is 16.4 Å². The van der Waals surface area contributed by atoms with Crippen molar-refractivity contribution in [3.05, 3.63) is 168 Å². The molecule has 2 aliphatic carbocycles. The Labute approximate surface area is 243 Å². The summed E-state index contributed by atoms with van der Waals surface area (Å²) in [5.74, 6) is 0.986. The maximum atomic E-state index is 5.20. The molecular weight excluding hydrogens is 508 g/mol. The maximum absolute atomic E-state index is 5.20. The summed E-state index contributed by atoms with van der Waals surface area (Å²) in [5, 5.41) is 5.05. The topological polar surface area (TPSA) is 17.8 Å². The maximum Gasteiger partial charge on any atom is 0.145 e. The van der Waals surface area contributed by atoms with Crippen LogP contribution in [0.4, 0.5) is 0 Å². The third-order valence-electron chi connectivity index (χ3n) is 9.66. The van der Waals surface area contributed by atoms with Crippen LogP contribution in [0.5, 0.6) is 0 Å². The van der Waals surface area contributed by atoms with Crippen molar-refractivity contribution in [2.75, 3.05) is 0 Å². The molecule has 0 atom stereocenters. The minimum atomic E-state index is -0.387. The molecule has 194 valence electrons. The first-order valence-electron chi connectivity index (χ1n) is 14.6. The zero-order valence-corrected chi connectivity index (χ0v) is 22.8. The first-order chi connectivity index (χ1) is 20.9. The van der Waals surface area contributed by atoms with Gasteiger partial charge in [-0.25, -0.2) is 4.98 Å². The minimum Gasteiger partial charge on any atom is -0.293 e. The number of rotatable bonds is 1. The van der Waals surface area contributed by atoms with Crippen molar-refractivity contribution in [3.8, 4) is 28.1 Å². The largest absolute Gasteiger partial charge is 0.293 e. The van der Waals surface area contributed by atoms with Crippen molar-refractivity contribution >= 4 is 32.6 Å². The van der Waals surface area contributed by atoms with Crippen LogP contribution in [0.1, 0.15) is 22.3 Å². The molecule has 10 rings (SSSR count). The van der Waals surface area contributed by atoms with Crippen molar-refractivity contribution in [3.63, 3.8) is 0 Å². The summed E-state index contributed by atoms with van der Waals surface area (Å²) >= 11 is 0. The van der Waals surface area contributed by atoms with Gasteiger partial charge < -0.3 is 0 Å². The Hall–Kier alpha value is -5.47. The summed E-state index contributed by atoms with van der Waals surface area (Å²) in [6.45, 7) is 0. The van der Waals surface area contributed by atoms with E-state index in [1.54, 1.807) is 0 Å². The third kappa shape index (κ3) is 2.50. The van der Waals surface area contributed by atoms with E-state index < -0.39 is 0 Å². The third-order valence-corrected chi connectivity index (χ3v) is 9.66. The van der Waals surface area contributed by atoms with E-state index in [1.165, 1.54) is 77.1 Å². The molecule has 2 heteroatoms. The average molecular weight is 533 g/mol. The van der Waals surface area contributed by atoms with Crippen LogP contribution in [0.2, 0.25) is 0 Å². The molecule has 0 radical (unpaired) electrons. The van der Waals surface area contributed by atoms with Gasteiger partial charge in [0.25, 0.3) is 0 Å². The molecule has 8 aromatic rings. The van der Waals surface area contributed by atoms with E-state index in [4.69, 9.17) is 4.98 Å². The van der Waals surface area contributed by atoms with E-state index in [1.807, 2.05) is 6.20 Å². The highest BCUT2D eigenvalue weighted by Gasteiger charge is 2.52. The summed E-state index contributed by atoms with van der Waals surface area (Å²) in [5.41, 5.74) is 12.4. The van der Waals surface area contributed by atoms with Crippen LogP contribution in [0.3, 0.4) is 0 Å². The summed E-state index contributed by atoms with van der Waals surface area (Å²) in [6.07, 6.45) is 2.02. The summed E-state index contributed by atoms with van der Waals surface area (Å²) in [6, 6.07) is 51.2. The van der Waals surface area contributed by atoms with Crippen LogP contribution in [0, 0.1) is 0 Å². The van der Waals surface area contributed by atoms with Crippen LogP contribution >= 0.6 is 0 Å². The number of benzene rings is 6. The molecule has 2 aliphatic rings. The molecule has 0 aliphatic heterocycles. The first-order valence-corrected chi connectivity index (χ1v) is 14.6. The van der Waals surface area contributed by atoms with Crippen LogP contribution in [-0.2, 0) is 5.41 Å². The molecule has 0 unspecified atom stereocenters. The van der Waals surface area contributed by atoms with Crippen molar-refractivity contribution in [2.45, 2.75) is 5.41 Å². The summed E-state index contributed by atoms with van der Waals surface area (Å²) in [7, 11) is 0. The molecule has 6 aromatic carbocycles. The van der Waals surface area contributed by atoms with E-state index in [9.17, 15) is 0 Å². The van der Waals surface area contributed by atoms with E-state index in [2.05, 4.69) is 144 Å². The van der Waals surface area contributed by atoms with Gasteiger partial charge in [0.2, 0.25) is 0 Å². The molecule has 0 amide bonds. The van der Waals surface area contributed by atoms with Crippen LogP contribution in [0.25, 0.3) is 60.6 Å². The van der Waals surface area contributed by atoms with Gasteiger partial charge in [-0.05, 0) is 67.9 Å². The Morgan fingerprint density at radius 1 is 0.452 bits per heavy atom. The normalized spacial score (nSPS) is 13.9. The predicted octanol–water partition coefficient (Wildman–Crippen LogP) is 9.68. The lowest BCUT2D eigenvalue weighted by atomic mass is 9.71. The van der Waals surface area contributed by atoms with Gasteiger partial charge in [-0.2, -0.15) is 0 Å². The zero-order valence-electron chi connectivity index (χ0n) is 22.8. The molecular formula is C40H24N2. The summed E-state index contributed by atoms with van der Waals surface area (Å²) < 4.78 is 2.40. The van der Waals surface area contributed by atoms with Gasteiger partial charge in [0.15, 0.2) is 0 Å². The Morgan fingerprint density at radius 2 is 1.05 bits per heavy atom. The van der Waals surface area contributed by atoms with E-state index in [-0.39, 0.29) is 5.41 Å². The number of hydrogen-bond acceptors (Lipinski definition) is 1. The van der Waals surface area contributed by atoms with Crippen LogP contribution in [-0.4, -0.2) is 9.55 Å². The molecule has 0 fully saturated rings. The van der Waals surface area contributed by atoms with E-state index in [0.717, 1.165) is 5.82 Å². The van der Waals surface area contributed by atoms with Gasteiger partial charge in [-0.1, -0.05) is 121 Å². The molecule has 2 nitrogen and oxygen atoms in total. The standard InChI is InChI=1S/C40H24N2/c1-2-12-26-25(11-1)21-22-36-37(26)30-16-6-10-20-35(30)42(36)39-38-29-15-5-9-19-33(29)40(34(38)23-24-41-39)31-17-7-3-13-27(31)28-14-4-8-18-32(28)40/h1-24H. The monoisotopic (exact) mass is 532 g/mol. The quantitative estimate of drug-likeness (QED) is 0.206. The molecule has 2 aromatic heterocycles. The Balaban J connectivity index is 1.39. The minimum absolute atomic E-state index is 0.387. The fraction of sp³-hybridized carbons (Fsp3) is 0.0250. The first kappa shape index (κ1) is 22.2. The Morgan fingerprint density at radius 3 is 1.81 bits per heavy atom. The average Bonchev–Trinajstić information content (AvgIpc) is 3.67. The second kappa shape index (κ2) is 7.84. The molecule has 0 saturated carbocycles. The van der Waals surface area contributed by atoms with Crippen LogP contribution < -0.4 is 0 Å². The van der Waals surface area contributed by atoms with Gasteiger partial charge in [0.1, 0.15) is 5.82 Å². The smallest absolute Gasteiger partial charge is 0.145 e. The number of nitrogens with zero attached hydrogens (tertiary/aromatic N) is 2. The van der Waals surface area contributed by atoms with E-state index >= 15 is 0 Å². The lowest BCUT2D eigenvalue weighted by Gasteiger charge is -2.30. The molecule has 1 spiro atoms. The number of para-hydroxylation sites is 1. The molecule has 42 heavy (non-hydrogen) atoms. The number of hydrogen-bond donors (Lipinski definition) is 0. The zero-order chi connectivity index (χ0) is 27.4. The van der Waals surface area contributed by atoms with Crippen molar-refractivity contribution in [1.82, 2.24) is 9.55 Å². The molecule has 0 bridgehead atoms. The van der Waals surface area contributed by atoms with Gasteiger partial charge in [-0.3, -0.25) is 4.57 Å². The molecule has 0 N–H and O–H groups in total. The fourth-order valence-electron chi connectivity index (χ4n) is 8.15.